The van der Waals surface area contributed by atoms with Crippen molar-refractivity contribution in [3.8, 4) is 28.7 Å². The molecule has 0 atom stereocenters. The Morgan fingerprint density at radius 3 is 2.28 bits per heavy atom. The van der Waals surface area contributed by atoms with Gasteiger partial charge >= 0.3 is 0 Å². The van der Waals surface area contributed by atoms with Gasteiger partial charge in [0.25, 0.3) is 0 Å². The molecule has 0 aromatic heterocycles. The highest BCUT2D eigenvalue weighted by atomic mass is 16.5. The van der Waals surface area contributed by atoms with E-state index in [4.69, 9.17) is 9.47 Å². The number of carbonyl (C=O) groups is 1. The van der Waals surface area contributed by atoms with E-state index in [1.807, 2.05) is 6.92 Å². The number of aromatic hydroxyl groups is 3. The molecule has 0 heterocycles. The van der Waals surface area contributed by atoms with Gasteiger partial charge in [0.2, 0.25) is 0 Å². The van der Waals surface area contributed by atoms with E-state index in [9.17, 15) is 20.1 Å². The molecule has 0 aliphatic rings. The second-order valence-electron chi connectivity index (χ2n) is 5.61. The van der Waals surface area contributed by atoms with Crippen LogP contribution in [-0.4, -0.2) is 34.8 Å². The largest absolute Gasteiger partial charge is 0.507 e. The maximum absolute atomic E-state index is 12.3. The zero-order valence-corrected chi connectivity index (χ0v) is 14.3. The molecule has 0 spiro atoms. The summed E-state index contributed by atoms with van der Waals surface area (Å²) in [6.45, 7) is 2.49. The fourth-order valence-corrected chi connectivity index (χ4v) is 2.43. The lowest BCUT2D eigenvalue weighted by atomic mass is 10.0. The third-order valence-electron chi connectivity index (χ3n) is 3.71. The van der Waals surface area contributed by atoms with Crippen molar-refractivity contribution in [2.24, 2.45) is 0 Å². The maximum atomic E-state index is 12.3. The summed E-state index contributed by atoms with van der Waals surface area (Å²) in [4.78, 5) is 12.3. The number of ketones is 1. The lowest BCUT2D eigenvalue weighted by molar-refractivity contribution is 0.0977. The first-order valence-electron chi connectivity index (χ1n) is 8.04. The zero-order chi connectivity index (χ0) is 18.4. The normalized spacial score (nSPS) is 10.5. The van der Waals surface area contributed by atoms with E-state index in [1.165, 1.54) is 19.2 Å². The van der Waals surface area contributed by atoms with E-state index in [0.29, 0.717) is 18.8 Å². The van der Waals surface area contributed by atoms with Gasteiger partial charge in [-0.2, -0.15) is 0 Å². The molecular formula is C19H22O6. The Labute approximate surface area is 146 Å². The molecule has 0 saturated heterocycles. The van der Waals surface area contributed by atoms with Crippen molar-refractivity contribution in [1.82, 2.24) is 0 Å². The van der Waals surface area contributed by atoms with Crippen molar-refractivity contribution in [2.75, 3.05) is 13.7 Å². The van der Waals surface area contributed by atoms with Crippen LogP contribution in [0.4, 0.5) is 0 Å². The molecule has 0 fully saturated rings. The zero-order valence-electron chi connectivity index (χ0n) is 14.3. The van der Waals surface area contributed by atoms with Crippen molar-refractivity contribution < 1.29 is 29.6 Å². The fourth-order valence-electron chi connectivity index (χ4n) is 2.43. The highest BCUT2D eigenvalue weighted by molar-refractivity contribution is 6.01. The number of methoxy groups -OCH3 is 1. The first-order chi connectivity index (χ1) is 12.0. The van der Waals surface area contributed by atoms with Crippen LogP contribution in [0.1, 0.15) is 35.7 Å². The quantitative estimate of drug-likeness (QED) is 0.634. The number of benzene rings is 2. The topological polar surface area (TPSA) is 96.2 Å². The predicted octanol–water partition coefficient (Wildman–Crippen LogP) is 3.42. The van der Waals surface area contributed by atoms with E-state index < -0.39 is 5.78 Å². The van der Waals surface area contributed by atoms with Gasteiger partial charge in [-0.15, -0.1) is 0 Å². The summed E-state index contributed by atoms with van der Waals surface area (Å²) in [6, 6.07) is 7.53. The summed E-state index contributed by atoms with van der Waals surface area (Å²) in [5.41, 5.74) is 0.620. The highest BCUT2D eigenvalue weighted by Crippen LogP contribution is 2.34. The van der Waals surface area contributed by atoms with Crippen LogP contribution in [0.15, 0.2) is 30.3 Å². The molecule has 0 saturated carbocycles. The number of phenolic OH excluding ortho intramolecular Hbond substituents is 3. The number of aryl methyl sites for hydroxylation is 1. The molecule has 25 heavy (non-hydrogen) atoms. The summed E-state index contributed by atoms with van der Waals surface area (Å²) in [5.74, 6) is -0.362. The van der Waals surface area contributed by atoms with Crippen LogP contribution in [0.2, 0.25) is 0 Å². The maximum Gasteiger partial charge on any atom is 0.170 e. The number of carbonyl (C=O) groups excluding carboxylic acids is 1. The fraction of sp³-hybridized carbons (Fsp3) is 0.316. The number of Topliss-reactive ketones (excluding diaryl/α,β-unsaturated/α-hetero) is 1. The lowest BCUT2D eigenvalue weighted by Crippen LogP contribution is -2.03. The van der Waals surface area contributed by atoms with E-state index in [-0.39, 0.29) is 35.0 Å². The van der Waals surface area contributed by atoms with E-state index in [2.05, 4.69) is 0 Å². The van der Waals surface area contributed by atoms with Crippen LogP contribution < -0.4 is 9.47 Å². The molecule has 0 radical (unpaired) electrons. The minimum Gasteiger partial charge on any atom is -0.507 e. The standard InChI is InChI=1S/C19H22O6/c1-3-8-25-18-7-5-12(9-15(18)21)4-6-14(20)19-16(22)10-13(24-2)11-17(19)23/h5,7,9-11,21-23H,3-4,6,8H2,1-2H3. The monoisotopic (exact) mass is 346 g/mol. The Morgan fingerprint density at radius 2 is 1.72 bits per heavy atom. The van der Waals surface area contributed by atoms with Gasteiger partial charge in [-0.05, 0) is 30.5 Å². The number of hydrogen-bond donors (Lipinski definition) is 3. The van der Waals surface area contributed by atoms with Crippen LogP contribution in [0.5, 0.6) is 28.7 Å². The van der Waals surface area contributed by atoms with Gasteiger partial charge < -0.3 is 24.8 Å². The number of phenols is 3. The second kappa shape index (κ2) is 8.28. The third kappa shape index (κ3) is 4.56. The Balaban J connectivity index is 2.06. The van der Waals surface area contributed by atoms with Crippen molar-refractivity contribution >= 4 is 5.78 Å². The molecule has 134 valence electrons. The molecule has 0 aliphatic heterocycles. The van der Waals surface area contributed by atoms with Crippen molar-refractivity contribution in [3.05, 3.63) is 41.5 Å². The van der Waals surface area contributed by atoms with Crippen LogP contribution in [0.25, 0.3) is 0 Å². The summed E-state index contributed by atoms with van der Waals surface area (Å²) < 4.78 is 10.3. The molecule has 3 N–H and O–H groups in total. The van der Waals surface area contributed by atoms with Gasteiger partial charge in [0.05, 0.1) is 13.7 Å². The molecule has 2 aromatic rings. The van der Waals surface area contributed by atoms with Gasteiger partial charge in [-0.1, -0.05) is 13.0 Å². The van der Waals surface area contributed by atoms with E-state index >= 15 is 0 Å². The number of ether oxygens (including phenoxy) is 2. The Bertz CT molecular complexity index is 731. The van der Waals surface area contributed by atoms with Gasteiger partial charge in [-0.3, -0.25) is 4.79 Å². The van der Waals surface area contributed by atoms with Gasteiger partial charge in [-0.25, -0.2) is 0 Å². The molecule has 0 bridgehead atoms. The first kappa shape index (κ1) is 18.4. The third-order valence-corrected chi connectivity index (χ3v) is 3.71. The van der Waals surface area contributed by atoms with E-state index in [0.717, 1.165) is 12.0 Å². The molecule has 0 unspecified atom stereocenters. The molecule has 2 rings (SSSR count). The smallest absolute Gasteiger partial charge is 0.170 e. The van der Waals surface area contributed by atoms with E-state index in [1.54, 1.807) is 18.2 Å². The van der Waals surface area contributed by atoms with Crippen LogP contribution >= 0.6 is 0 Å². The average Bonchev–Trinajstić information content (AvgIpc) is 2.58. The van der Waals surface area contributed by atoms with Crippen LogP contribution in [0.3, 0.4) is 0 Å². The van der Waals surface area contributed by atoms with Crippen molar-refractivity contribution in [3.63, 3.8) is 0 Å². The van der Waals surface area contributed by atoms with Crippen LogP contribution in [-0.2, 0) is 6.42 Å². The summed E-state index contributed by atoms with van der Waals surface area (Å²) in [7, 11) is 1.40. The van der Waals surface area contributed by atoms with Gasteiger partial charge in [0.1, 0.15) is 22.8 Å². The number of hydrogen-bond acceptors (Lipinski definition) is 6. The average molecular weight is 346 g/mol. The molecule has 6 heteroatoms. The first-order valence-corrected chi connectivity index (χ1v) is 8.04. The summed E-state index contributed by atoms with van der Waals surface area (Å²) >= 11 is 0. The molecule has 2 aromatic carbocycles. The SMILES string of the molecule is CCCOc1ccc(CCC(=O)c2c(O)cc(OC)cc2O)cc1O. The Kier molecular flexibility index (Phi) is 6.11. The van der Waals surface area contributed by atoms with Crippen LogP contribution in [0, 0.1) is 0 Å². The highest BCUT2D eigenvalue weighted by Gasteiger charge is 2.18. The Hall–Kier alpha value is -2.89. The summed E-state index contributed by atoms with van der Waals surface area (Å²) in [6.07, 6.45) is 1.26. The second-order valence-corrected chi connectivity index (χ2v) is 5.61. The number of rotatable bonds is 8. The minimum atomic E-state index is -0.400. The summed E-state index contributed by atoms with van der Waals surface area (Å²) in [5, 5.41) is 29.8. The van der Waals surface area contributed by atoms with Crippen molar-refractivity contribution in [1.29, 1.82) is 0 Å². The lowest BCUT2D eigenvalue weighted by Gasteiger charge is -2.10. The van der Waals surface area contributed by atoms with Gasteiger partial charge in [0.15, 0.2) is 17.3 Å². The Morgan fingerprint density at radius 1 is 1.04 bits per heavy atom. The van der Waals surface area contributed by atoms with Gasteiger partial charge in [0, 0.05) is 18.6 Å². The molecule has 0 aliphatic carbocycles. The van der Waals surface area contributed by atoms with Crippen molar-refractivity contribution in [2.45, 2.75) is 26.2 Å². The minimum absolute atomic E-state index is 0.0218. The molecule has 6 nitrogen and oxygen atoms in total. The predicted molar refractivity (Wildman–Crippen MR) is 92.9 cm³/mol. The molecular weight excluding hydrogens is 324 g/mol. The molecule has 0 amide bonds.